The molecular weight excluding hydrogens is 214 g/mol. The number of nitrogens with zero attached hydrogens (tertiary/aromatic N) is 1. The van der Waals surface area contributed by atoms with Crippen molar-refractivity contribution >= 4 is 10.0 Å². The van der Waals surface area contributed by atoms with Crippen LogP contribution in [0, 0.1) is 0 Å². The van der Waals surface area contributed by atoms with Crippen molar-refractivity contribution in [1.82, 2.24) is 4.31 Å². The summed E-state index contributed by atoms with van der Waals surface area (Å²) < 4.78 is 29.3. The molecule has 2 rings (SSSR count). The van der Waals surface area contributed by atoms with E-state index < -0.39 is 10.0 Å². The SMILES string of the molecule is CS(=O)(=O)N1COC(c2ccccc2)C1. The van der Waals surface area contributed by atoms with Gasteiger partial charge in [0.15, 0.2) is 0 Å². The summed E-state index contributed by atoms with van der Waals surface area (Å²) in [6, 6.07) is 9.64. The molecule has 0 radical (unpaired) electrons. The fourth-order valence-electron chi connectivity index (χ4n) is 1.56. The van der Waals surface area contributed by atoms with Gasteiger partial charge in [-0.3, -0.25) is 0 Å². The molecule has 1 aromatic rings. The Labute approximate surface area is 89.5 Å². The fourth-order valence-corrected chi connectivity index (χ4v) is 2.22. The first-order valence-electron chi connectivity index (χ1n) is 4.69. The normalized spacial score (nSPS) is 23.1. The average Bonchev–Trinajstić information content (AvgIpc) is 2.67. The van der Waals surface area contributed by atoms with Gasteiger partial charge < -0.3 is 4.74 Å². The van der Waals surface area contributed by atoms with Crippen molar-refractivity contribution in [3.05, 3.63) is 35.9 Å². The minimum absolute atomic E-state index is 0.138. The molecule has 4 nitrogen and oxygen atoms in total. The molecule has 0 aliphatic carbocycles. The minimum Gasteiger partial charge on any atom is -0.356 e. The molecule has 1 heterocycles. The van der Waals surface area contributed by atoms with Crippen molar-refractivity contribution in [1.29, 1.82) is 0 Å². The largest absolute Gasteiger partial charge is 0.356 e. The van der Waals surface area contributed by atoms with E-state index in [0.29, 0.717) is 6.54 Å². The van der Waals surface area contributed by atoms with Crippen LogP contribution in [0.15, 0.2) is 30.3 Å². The lowest BCUT2D eigenvalue weighted by molar-refractivity contribution is 0.104. The molecule has 1 atom stereocenters. The molecule has 0 N–H and O–H groups in total. The second-order valence-electron chi connectivity index (χ2n) is 3.59. The van der Waals surface area contributed by atoms with Crippen LogP contribution in [0.5, 0.6) is 0 Å². The summed E-state index contributed by atoms with van der Waals surface area (Å²) in [5.74, 6) is 0. The summed E-state index contributed by atoms with van der Waals surface area (Å²) in [5.41, 5.74) is 1.02. The van der Waals surface area contributed by atoms with E-state index in [2.05, 4.69) is 0 Å². The van der Waals surface area contributed by atoms with Gasteiger partial charge in [-0.25, -0.2) is 8.42 Å². The van der Waals surface area contributed by atoms with Gasteiger partial charge in [0.25, 0.3) is 0 Å². The lowest BCUT2D eigenvalue weighted by atomic mass is 10.1. The molecule has 1 aromatic carbocycles. The van der Waals surface area contributed by atoms with Crippen molar-refractivity contribution in [2.45, 2.75) is 6.10 Å². The Bertz CT molecular complexity index is 429. The van der Waals surface area contributed by atoms with Crippen LogP contribution in [-0.4, -0.2) is 32.3 Å². The van der Waals surface area contributed by atoms with Crippen LogP contribution in [0.3, 0.4) is 0 Å². The zero-order chi connectivity index (χ0) is 10.9. The van der Waals surface area contributed by atoms with Crippen molar-refractivity contribution in [3.63, 3.8) is 0 Å². The van der Waals surface area contributed by atoms with E-state index in [9.17, 15) is 8.42 Å². The molecule has 82 valence electrons. The predicted molar refractivity (Wildman–Crippen MR) is 56.7 cm³/mol. The van der Waals surface area contributed by atoms with E-state index in [0.717, 1.165) is 5.56 Å². The van der Waals surface area contributed by atoms with Gasteiger partial charge in [0.1, 0.15) is 6.73 Å². The van der Waals surface area contributed by atoms with Gasteiger partial charge in [0, 0.05) is 6.54 Å². The maximum absolute atomic E-state index is 11.3. The van der Waals surface area contributed by atoms with Gasteiger partial charge in [0.05, 0.1) is 12.4 Å². The fraction of sp³-hybridized carbons (Fsp3) is 0.400. The number of benzene rings is 1. The van der Waals surface area contributed by atoms with Crippen LogP contribution in [-0.2, 0) is 14.8 Å². The van der Waals surface area contributed by atoms with Crippen LogP contribution in [0.25, 0.3) is 0 Å². The Morgan fingerprint density at radius 3 is 2.53 bits per heavy atom. The van der Waals surface area contributed by atoms with Crippen LogP contribution in [0.1, 0.15) is 11.7 Å². The molecular formula is C10H13NO3S. The Morgan fingerprint density at radius 1 is 1.33 bits per heavy atom. The van der Waals surface area contributed by atoms with Gasteiger partial charge in [-0.05, 0) is 5.56 Å². The van der Waals surface area contributed by atoms with Gasteiger partial charge in [-0.1, -0.05) is 30.3 Å². The summed E-state index contributed by atoms with van der Waals surface area (Å²) in [4.78, 5) is 0. The smallest absolute Gasteiger partial charge is 0.213 e. The Kier molecular flexibility index (Phi) is 2.77. The van der Waals surface area contributed by atoms with Crippen LogP contribution in [0.2, 0.25) is 0 Å². The second kappa shape index (κ2) is 3.92. The third kappa shape index (κ3) is 2.37. The molecule has 0 saturated carbocycles. The highest BCUT2D eigenvalue weighted by Crippen LogP contribution is 2.25. The number of hydrogen-bond acceptors (Lipinski definition) is 3. The molecule has 1 fully saturated rings. The summed E-state index contributed by atoms with van der Waals surface area (Å²) in [5, 5.41) is 0. The molecule has 0 spiro atoms. The van der Waals surface area contributed by atoms with Crippen molar-refractivity contribution in [2.75, 3.05) is 19.5 Å². The highest BCUT2D eigenvalue weighted by atomic mass is 32.2. The molecule has 1 aliphatic rings. The van der Waals surface area contributed by atoms with Crippen LogP contribution < -0.4 is 0 Å². The summed E-state index contributed by atoms with van der Waals surface area (Å²) in [6.45, 7) is 0.557. The topological polar surface area (TPSA) is 46.6 Å². The standard InChI is InChI=1S/C10H13NO3S/c1-15(12,13)11-7-10(14-8-11)9-5-3-2-4-6-9/h2-6,10H,7-8H2,1H3. The lowest BCUT2D eigenvalue weighted by Gasteiger charge is -2.10. The molecule has 1 aliphatic heterocycles. The summed E-state index contributed by atoms with van der Waals surface area (Å²) in [7, 11) is -3.14. The molecule has 0 bridgehead atoms. The number of ether oxygens (including phenoxy) is 1. The van der Waals surface area contributed by atoms with E-state index in [4.69, 9.17) is 4.74 Å². The summed E-state index contributed by atoms with van der Waals surface area (Å²) >= 11 is 0. The van der Waals surface area contributed by atoms with Crippen molar-refractivity contribution in [3.8, 4) is 0 Å². The third-order valence-corrected chi connectivity index (χ3v) is 3.62. The molecule has 15 heavy (non-hydrogen) atoms. The van der Waals surface area contributed by atoms with Crippen molar-refractivity contribution < 1.29 is 13.2 Å². The zero-order valence-corrected chi connectivity index (χ0v) is 9.28. The van der Waals surface area contributed by atoms with Gasteiger partial charge in [-0.2, -0.15) is 4.31 Å². The van der Waals surface area contributed by atoms with Crippen LogP contribution >= 0.6 is 0 Å². The molecule has 1 unspecified atom stereocenters. The molecule has 1 saturated heterocycles. The van der Waals surface area contributed by atoms with E-state index in [1.807, 2.05) is 30.3 Å². The average molecular weight is 227 g/mol. The quantitative estimate of drug-likeness (QED) is 0.756. The van der Waals surface area contributed by atoms with E-state index >= 15 is 0 Å². The Morgan fingerprint density at radius 2 is 2.00 bits per heavy atom. The number of rotatable bonds is 2. The van der Waals surface area contributed by atoms with E-state index in [-0.39, 0.29) is 12.8 Å². The lowest BCUT2D eigenvalue weighted by Crippen LogP contribution is -2.27. The van der Waals surface area contributed by atoms with Gasteiger partial charge in [-0.15, -0.1) is 0 Å². The minimum atomic E-state index is -3.14. The first-order chi connectivity index (χ1) is 7.07. The maximum Gasteiger partial charge on any atom is 0.213 e. The highest BCUT2D eigenvalue weighted by Gasteiger charge is 2.29. The number of hydrogen-bond donors (Lipinski definition) is 0. The predicted octanol–water partition coefficient (Wildman–Crippen LogP) is 0.977. The zero-order valence-electron chi connectivity index (χ0n) is 8.46. The monoisotopic (exact) mass is 227 g/mol. The van der Waals surface area contributed by atoms with Gasteiger partial charge >= 0.3 is 0 Å². The summed E-state index contributed by atoms with van der Waals surface area (Å²) in [6.07, 6.45) is 1.06. The molecule has 0 aromatic heterocycles. The number of sulfonamides is 1. The third-order valence-electron chi connectivity index (χ3n) is 2.43. The van der Waals surface area contributed by atoms with E-state index in [1.54, 1.807) is 0 Å². The van der Waals surface area contributed by atoms with Crippen molar-refractivity contribution in [2.24, 2.45) is 0 Å². The Hall–Kier alpha value is -0.910. The second-order valence-corrected chi connectivity index (χ2v) is 5.57. The van der Waals surface area contributed by atoms with Crippen LogP contribution in [0.4, 0.5) is 0 Å². The first kappa shape index (κ1) is 10.6. The first-order valence-corrected chi connectivity index (χ1v) is 6.54. The maximum atomic E-state index is 11.3. The molecule has 0 amide bonds. The highest BCUT2D eigenvalue weighted by molar-refractivity contribution is 7.88. The Balaban J connectivity index is 2.12. The van der Waals surface area contributed by atoms with E-state index in [1.165, 1.54) is 10.6 Å². The van der Waals surface area contributed by atoms with Gasteiger partial charge in [0.2, 0.25) is 10.0 Å². The molecule has 5 heteroatoms.